The first kappa shape index (κ1) is 4.59. The predicted octanol–water partition coefficient (Wildman–Crippen LogP) is -0.785. The number of carbonyl (C=O) groups excluding carboxylic acids is 1. The van der Waals surface area contributed by atoms with Gasteiger partial charge in [0.05, 0.1) is 6.42 Å². The number of rotatable bonds is 0. The molecule has 0 unspecified atom stereocenters. The molecule has 0 radical (unpaired) electrons. The van der Waals surface area contributed by atoms with Crippen LogP contribution in [-0.4, -0.2) is 16.7 Å². The van der Waals surface area contributed by atoms with Gasteiger partial charge in [0.15, 0.2) is 0 Å². The topological polar surface area (TPSA) is 49.3 Å². The second-order valence-electron chi connectivity index (χ2n) is 2.00. The van der Waals surface area contributed by atoms with Crippen molar-refractivity contribution in [3.63, 3.8) is 0 Å². The van der Waals surface area contributed by atoms with Crippen LogP contribution in [0.4, 0.5) is 0 Å². The summed E-state index contributed by atoms with van der Waals surface area (Å²) in [5.41, 5.74) is -0.906. The first-order valence-electron chi connectivity index (χ1n) is 2.13. The molecule has 0 aromatic rings. The summed E-state index contributed by atoms with van der Waals surface area (Å²) in [6, 6.07) is 0. The van der Waals surface area contributed by atoms with E-state index in [4.69, 9.17) is 5.11 Å². The molecule has 0 saturated carbocycles. The third-order valence-electron chi connectivity index (χ3n) is 0.913. The molecule has 0 aromatic carbocycles. The molecule has 0 bridgehead atoms. The molecule has 1 rings (SSSR count). The molecule has 2 N–H and O–H groups in total. The number of β-lactam (4-membered cyclic amide) rings is 1. The molecule has 40 valence electrons. The summed E-state index contributed by atoms with van der Waals surface area (Å²) in [6.07, 6.45) is 0.243. The van der Waals surface area contributed by atoms with Crippen LogP contribution in [0.3, 0.4) is 0 Å². The highest BCUT2D eigenvalue weighted by Crippen LogP contribution is 2.13. The molecule has 3 nitrogen and oxygen atoms in total. The van der Waals surface area contributed by atoms with Crippen LogP contribution in [0.5, 0.6) is 0 Å². The fraction of sp³-hybridized carbons (Fsp3) is 0.750. The largest absolute Gasteiger partial charge is 0.371 e. The van der Waals surface area contributed by atoms with Gasteiger partial charge in [0, 0.05) is 0 Å². The summed E-state index contributed by atoms with van der Waals surface area (Å²) < 4.78 is 0. The molecule has 1 fully saturated rings. The fourth-order valence-electron chi connectivity index (χ4n) is 0.595. The SMILES string of the molecule is C[C@]1(O)CC(=O)N1. The van der Waals surface area contributed by atoms with Crippen molar-refractivity contribution in [3.05, 3.63) is 0 Å². The Morgan fingerprint density at radius 3 is 2.43 bits per heavy atom. The minimum Gasteiger partial charge on any atom is -0.371 e. The average Bonchev–Trinajstić information content (AvgIpc) is 1.27. The molecule has 1 aliphatic heterocycles. The van der Waals surface area contributed by atoms with Gasteiger partial charge in [-0.3, -0.25) is 4.79 Å². The maximum atomic E-state index is 10.0. The second-order valence-corrected chi connectivity index (χ2v) is 2.00. The van der Waals surface area contributed by atoms with Crippen molar-refractivity contribution in [2.45, 2.75) is 19.1 Å². The lowest BCUT2D eigenvalue weighted by molar-refractivity contribution is -0.147. The van der Waals surface area contributed by atoms with E-state index < -0.39 is 5.72 Å². The molecule has 3 heteroatoms. The molecular weight excluding hydrogens is 94.0 g/mol. The molecule has 0 aliphatic carbocycles. The Kier molecular flexibility index (Phi) is 0.642. The summed E-state index contributed by atoms with van der Waals surface area (Å²) in [7, 11) is 0. The van der Waals surface area contributed by atoms with E-state index in [0.29, 0.717) is 0 Å². The van der Waals surface area contributed by atoms with E-state index >= 15 is 0 Å². The highest BCUT2D eigenvalue weighted by molar-refractivity contribution is 5.83. The fourth-order valence-corrected chi connectivity index (χ4v) is 0.595. The van der Waals surface area contributed by atoms with E-state index in [0.717, 1.165) is 0 Å². The van der Waals surface area contributed by atoms with Gasteiger partial charge in [-0.05, 0) is 6.92 Å². The Balaban J connectivity index is 2.43. The van der Waals surface area contributed by atoms with Crippen molar-refractivity contribution in [3.8, 4) is 0 Å². The summed E-state index contributed by atoms with van der Waals surface area (Å²) in [5.74, 6) is -0.0787. The van der Waals surface area contributed by atoms with Crippen molar-refractivity contribution < 1.29 is 9.90 Å². The lowest BCUT2D eigenvalue weighted by atomic mass is 10.1. The Bertz CT molecular complexity index is 98.3. The van der Waals surface area contributed by atoms with Crippen LogP contribution >= 0.6 is 0 Å². The summed E-state index contributed by atoms with van der Waals surface area (Å²) in [6.45, 7) is 1.56. The van der Waals surface area contributed by atoms with Crippen LogP contribution in [0.15, 0.2) is 0 Å². The number of hydrogen-bond donors (Lipinski definition) is 2. The third kappa shape index (κ3) is 0.718. The number of hydrogen-bond acceptors (Lipinski definition) is 2. The monoisotopic (exact) mass is 101 g/mol. The first-order valence-corrected chi connectivity index (χ1v) is 2.13. The van der Waals surface area contributed by atoms with Crippen molar-refractivity contribution in [1.82, 2.24) is 5.32 Å². The van der Waals surface area contributed by atoms with Crippen LogP contribution < -0.4 is 5.32 Å². The van der Waals surface area contributed by atoms with E-state index in [1.807, 2.05) is 0 Å². The molecule has 1 amide bonds. The minimum absolute atomic E-state index is 0.0787. The maximum absolute atomic E-state index is 10.0. The van der Waals surface area contributed by atoms with E-state index in [2.05, 4.69) is 5.32 Å². The highest BCUT2D eigenvalue weighted by Gasteiger charge is 2.35. The molecule has 1 saturated heterocycles. The number of aliphatic hydroxyl groups is 1. The molecular formula is C4H7NO2. The zero-order valence-electron chi connectivity index (χ0n) is 4.06. The Morgan fingerprint density at radius 1 is 2.00 bits per heavy atom. The lowest BCUT2D eigenvalue weighted by Crippen LogP contribution is -2.58. The Hall–Kier alpha value is -0.570. The molecule has 7 heavy (non-hydrogen) atoms. The smallest absolute Gasteiger partial charge is 0.227 e. The van der Waals surface area contributed by atoms with Gasteiger partial charge in [0.2, 0.25) is 5.91 Å². The quantitative estimate of drug-likeness (QED) is 0.393. The van der Waals surface area contributed by atoms with E-state index in [-0.39, 0.29) is 12.3 Å². The zero-order chi connectivity index (χ0) is 5.49. The Morgan fingerprint density at radius 2 is 2.43 bits per heavy atom. The van der Waals surface area contributed by atoms with E-state index in [9.17, 15) is 4.79 Å². The van der Waals surface area contributed by atoms with E-state index in [1.165, 1.54) is 0 Å². The van der Waals surface area contributed by atoms with Gasteiger partial charge in [-0.2, -0.15) is 0 Å². The van der Waals surface area contributed by atoms with Crippen molar-refractivity contribution in [2.24, 2.45) is 0 Å². The minimum atomic E-state index is -0.906. The van der Waals surface area contributed by atoms with Gasteiger partial charge >= 0.3 is 0 Å². The van der Waals surface area contributed by atoms with Crippen LogP contribution in [0, 0.1) is 0 Å². The van der Waals surface area contributed by atoms with Gasteiger partial charge in [-0.15, -0.1) is 0 Å². The van der Waals surface area contributed by atoms with Crippen LogP contribution in [0.2, 0.25) is 0 Å². The highest BCUT2D eigenvalue weighted by atomic mass is 16.3. The number of carbonyl (C=O) groups is 1. The molecule has 1 heterocycles. The first-order chi connectivity index (χ1) is 3.10. The Labute approximate surface area is 41.3 Å². The van der Waals surface area contributed by atoms with Crippen LogP contribution in [0.25, 0.3) is 0 Å². The summed E-state index contributed by atoms with van der Waals surface area (Å²) in [5, 5.41) is 11.1. The average molecular weight is 101 g/mol. The van der Waals surface area contributed by atoms with Gasteiger partial charge in [-0.25, -0.2) is 0 Å². The van der Waals surface area contributed by atoms with Crippen LogP contribution in [0.1, 0.15) is 13.3 Å². The molecule has 0 spiro atoms. The van der Waals surface area contributed by atoms with Gasteiger partial charge in [-0.1, -0.05) is 0 Å². The second kappa shape index (κ2) is 0.980. The maximum Gasteiger partial charge on any atom is 0.227 e. The van der Waals surface area contributed by atoms with Crippen molar-refractivity contribution in [1.29, 1.82) is 0 Å². The predicted molar refractivity (Wildman–Crippen MR) is 23.4 cm³/mol. The molecule has 0 aromatic heterocycles. The summed E-state index contributed by atoms with van der Waals surface area (Å²) >= 11 is 0. The van der Waals surface area contributed by atoms with Gasteiger partial charge in [0.1, 0.15) is 5.72 Å². The van der Waals surface area contributed by atoms with Gasteiger partial charge < -0.3 is 10.4 Å². The normalized spacial score (nSPS) is 39.4. The van der Waals surface area contributed by atoms with Crippen LogP contribution in [-0.2, 0) is 4.79 Å². The molecule has 1 aliphatic rings. The number of amides is 1. The zero-order valence-corrected chi connectivity index (χ0v) is 4.06. The van der Waals surface area contributed by atoms with Crippen molar-refractivity contribution in [2.75, 3.05) is 0 Å². The van der Waals surface area contributed by atoms with Gasteiger partial charge in [0.25, 0.3) is 0 Å². The van der Waals surface area contributed by atoms with E-state index in [1.54, 1.807) is 6.92 Å². The lowest BCUT2D eigenvalue weighted by Gasteiger charge is -2.32. The number of nitrogens with one attached hydrogen (secondary N) is 1. The standard InChI is InChI=1S/C4H7NO2/c1-4(7)2-3(6)5-4/h7H,2H2,1H3,(H,5,6)/t4-/m0/s1. The summed E-state index contributed by atoms with van der Waals surface area (Å²) in [4.78, 5) is 10.0. The van der Waals surface area contributed by atoms with Crippen molar-refractivity contribution >= 4 is 5.91 Å². The molecule has 1 atom stereocenters. The third-order valence-corrected chi connectivity index (χ3v) is 0.913.